The molecule has 0 radical (unpaired) electrons. The first-order valence-electron chi connectivity index (χ1n) is 3.13. The van der Waals surface area contributed by atoms with Crippen LogP contribution in [0, 0.1) is 6.92 Å². The number of benzene rings is 1. The van der Waals surface area contributed by atoms with Crippen molar-refractivity contribution in [2.24, 2.45) is 0 Å². The molecule has 0 saturated carbocycles. The minimum atomic E-state index is 0.0338. The first-order valence-corrected chi connectivity index (χ1v) is 3.13. The summed E-state index contributed by atoms with van der Waals surface area (Å²) in [4.78, 5) is 0. The molecule has 2 N–H and O–H groups in total. The lowest BCUT2D eigenvalue weighted by atomic mass is 10.1. The van der Waals surface area contributed by atoms with Gasteiger partial charge in [-0.15, -0.1) is 0 Å². The second kappa shape index (κ2) is 2.71. The molecule has 1 rings (SSSR count). The van der Waals surface area contributed by atoms with Gasteiger partial charge in [0, 0.05) is 0 Å². The zero-order valence-electron chi connectivity index (χ0n) is 5.83. The highest BCUT2D eigenvalue weighted by Crippen LogP contribution is 2.14. The smallest absolute Gasteiger partial charge is 0.115 e. The van der Waals surface area contributed by atoms with Crippen molar-refractivity contribution >= 4 is 0 Å². The normalized spacial score (nSPS) is 9.80. The topological polar surface area (TPSA) is 40.5 Å². The summed E-state index contributed by atoms with van der Waals surface area (Å²) in [6, 6.07) is 4.91. The maximum absolute atomic E-state index is 8.95. The van der Waals surface area contributed by atoms with Gasteiger partial charge in [0.25, 0.3) is 0 Å². The van der Waals surface area contributed by atoms with Crippen molar-refractivity contribution in [3.63, 3.8) is 0 Å². The van der Waals surface area contributed by atoms with Crippen LogP contribution >= 0.6 is 0 Å². The molecular formula is C8H10O2. The molecule has 0 unspecified atom stereocenters. The van der Waals surface area contributed by atoms with Gasteiger partial charge in [-0.3, -0.25) is 0 Å². The van der Waals surface area contributed by atoms with Crippen LogP contribution in [0.25, 0.3) is 0 Å². The second-order valence-corrected chi connectivity index (χ2v) is 2.27. The molecule has 2 heteroatoms. The first-order chi connectivity index (χ1) is 4.74. The van der Waals surface area contributed by atoms with Gasteiger partial charge in [-0.05, 0) is 30.2 Å². The van der Waals surface area contributed by atoms with Gasteiger partial charge in [-0.2, -0.15) is 0 Å². The molecule has 0 aliphatic carbocycles. The highest BCUT2D eigenvalue weighted by Gasteiger charge is 1.95. The van der Waals surface area contributed by atoms with Gasteiger partial charge in [0.1, 0.15) is 5.75 Å². The average molecular weight is 138 g/mol. The van der Waals surface area contributed by atoms with Crippen molar-refractivity contribution in [3.05, 3.63) is 29.3 Å². The number of hydrogen-bond donors (Lipinski definition) is 2. The van der Waals surface area contributed by atoms with E-state index in [1.165, 1.54) is 0 Å². The molecule has 1 aromatic carbocycles. The van der Waals surface area contributed by atoms with Gasteiger partial charge in [-0.1, -0.05) is 6.07 Å². The van der Waals surface area contributed by atoms with E-state index in [4.69, 9.17) is 10.2 Å². The third-order valence-corrected chi connectivity index (χ3v) is 1.50. The molecule has 0 amide bonds. The van der Waals surface area contributed by atoms with Crippen LogP contribution in [0.1, 0.15) is 11.1 Å². The van der Waals surface area contributed by atoms with Crippen molar-refractivity contribution in [2.45, 2.75) is 13.5 Å². The number of phenolic OH excluding ortho intramolecular Hbond substituents is 1. The van der Waals surface area contributed by atoms with Gasteiger partial charge in [-0.25, -0.2) is 0 Å². The molecule has 0 heterocycles. The van der Waals surface area contributed by atoms with Gasteiger partial charge in [0.2, 0.25) is 0 Å². The standard InChI is InChI=1S/C8H10O2/c1-6-4-8(10)3-2-7(6)5-9/h2-4,9-10H,5H2,1H3. The van der Waals surface area contributed by atoms with Crippen LogP contribution in [-0.2, 0) is 6.61 Å². The van der Waals surface area contributed by atoms with E-state index in [-0.39, 0.29) is 12.4 Å². The minimum Gasteiger partial charge on any atom is -0.508 e. The quantitative estimate of drug-likeness (QED) is 0.612. The summed E-state index contributed by atoms with van der Waals surface area (Å²) in [5.74, 6) is 0.245. The molecular weight excluding hydrogens is 128 g/mol. The van der Waals surface area contributed by atoms with Crippen molar-refractivity contribution < 1.29 is 10.2 Å². The van der Waals surface area contributed by atoms with E-state index in [1.54, 1.807) is 18.2 Å². The number of aryl methyl sites for hydroxylation is 1. The van der Waals surface area contributed by atoms with E-state index in [0.717, 1.165) is 11.1 Å². The zero-order valence-corrected chi connectivity index (χ0v) is 5.83. The number of aliphatic hydroxyl groups excluding tert-OH is 1. The molecule has 0 fully saturated rings. The van der Waals surface area contributed by atoms with Crippen LogP contribution in [0.3, 0.4) is 0 Å². The number of aromatic hydroxyl groups is 1. The third kappa shape index (κ3) is 1.28. The van der Waals surface area contributed by atoms with E-state index < -0.39 is 0 Å². The van der Waals surface area contributed by atoms with Crippen LogP contribution in [0.5, 0.6) is 5.75 Å². The molecule has 1 aromatic rings. The molecule has 54 valence electrons. The summed E-state index contributed by atoms with van der Waals surface area (Å²) >= 11 is 0. The Balaban J connectivity index is 3.07. The number of aliphatic hydroxyl groups is 1. The molecule has 0 aliphatic rings. The maximum atomic E-state index is 8.95. The molecule has 0 aliphatic heterocycles. The van der Waals surface area contributed by atoms with Gasteiger partial charge >= 0.3 is 0 Å². The van der Waals surface area contributed by atoms with Crippen molar-refractivity contribution in [2.75, 3.05) is 0 Å². The van der Waals surface area contributed by atoms with E-state index in [0.29, 0.717) is 0 Å². The first kappa shape index (κ1) is 7.09. The van der Waals surface area contributed by atoms with E-state index in [2.05, 4.69) is 0 Å². The Hall–Kier alpha value is -1.02. The van der Waals surface area contributed by atoms with Crippen molar-refractivity contribution in [1.82, 2.24) is 0 Å². The lowest BCUT2D eigenvalue weighted by molar-refractivity contribution is 0.281. The van der Waals surface area contributed by atoms with E-state index >= 15 is 0 Å². The third-order valence-electron chi connectivity index (χ3n) is 1.50. The number of hydrogen-bond acceptors (Lipinski definition) is 2. The Kier molecular flexibility index (Phi) is 1.92. The SMILES string of the molecule is Cc1cc(O)ccc1CO. The molecule has 0 aromatic heterocycles. The lowest BCUT2D eigenvalue weighted by Crippen LogP contribution is -1.86. The largest absolute Gasteiger partial charge is 0.508 e. The Morgan fingerprint density at radius 2 is 2.10 bits per heavy atom. The lowest BCUT2D eigenvalue weighted by Gasteiger charge is -2.00. The van der Waals surface area contributed by atoms with E-state index in [9.17, 15) is 0 Å². The Labute approximate surface area is 59.7 Å². The molecule has 0 saturated heterocycles. The summed E-state index contributed by atoms with van der Waals surface area (Å²) in [5.41, 5.74) is 1.78. The monoisotopic (exact) mass is 138 g/mol. The fraction of sp³-hybridized carbons (Fsp3) is 0.250. The Morgan fingerprint density at radius 3 is 2.60 bits per heavy atom. The van der Waals surface area contributed by atoms with Gasteiger partial charge in [0.15, 0.2) is 0 Å². The maximum Gasteiger partial charge on any atom is 0.115 e. The van der Waals surface area contributed by atoms with Gasteiger partial charge < -0.3 is 10.2 Å². The average Bonchev–Trinajstić information content (AvgIpc) is 1.88. The summed E-state index contributed by atoms with van der Waals surface area (Å²) in [5, 5.41) is 17.7. The highest BCUT2D eigenvalue weighted by atomic mass is 16.3. The van der Waals surface area contributed by atoms with Crippen LogP contribution in [0.2, 0.25) is 0 Å². The molecule has 2 nitrogen and oxygen atoms in total. The highest BCUT2D eigenvalue weighted by molar-refractivity contribution is 5.33. The Morgan fingerprint density at radius 1 is 1.40 bits per heavy atom. The zero-order chi connectivity index (χ0) is 7.56. The summed E-state index contributed by atoms with van der Waals surface area (Å²) < 4.78 is 0. The predicted molar refractivity (Wildman–Crippen MR) is 38.8 cm³/mol. The Bertz CT molecular complexity index is 231. The minimum absolute atomic E-state index is 0.0338. The molecule has 0 atom stereocenters. The predicted octanol–water partition coefficient (Wildman–Crippen LogP) is 1.19. The summed E-state index contributed by atoms with van der Waals surface area (Å²) in [7, 11) is 0. The number of rotatable bonds is 1. The van der Waals surface area contributed by atoms with Crippen LogP contribution in [0.15, 0.2) is 18.2 Å². The molecule has 0 bridgehead atoms. The summed E-state index contributed by atoms with van der Waals surface area (Å²) in [6.07, 6.45) is 0. The molecule has 0 spiro atoms. The van der Waals surface area contributed by atoms with Crippen molar-refractivity contribution in [1.29, 1.82) is 0 Å². The second-order valence-electron chi connectivity index (χ2n) is 2.27. The van der Waals surface area contributed by atoms with Crippen LogP contribution < -0.4 is 0 Å². The van der Waals surface area contributed by atoms with Crippen LogP contribution in [0.4, 0.5) is 0 Å². The fourth-order valence-corrected chi connectivity index (χ4v) is 0.857. The number of phenols is 1. The fourth-order valence-electron chi connectivity index (χ4n) is 0.857. The summed E-state index contributed by atoms with van der Waals surface area (Å²) in [6.45, 7) is 1.89. The van der Waals surface area contributed by atoms with Crippen LogP contribution in [-0.4, -0.2) is 10.2 Å². The van der Waals surface area contributed by atoms with E-state index in [1.807, 2.05) is 6.92 Å². The molecule has 10 heavy (non-hydrogen) atoms. The van der Waals surface area contributed by atoms with Crippen molar-refractivity contribution in [3.8, 4) is 5.75 Å². The van der Waals surface area contributed by atoms with Gasteiger partial charge in [0.05, 0.1) is 6.61 Å².